The molecule has 1 unspecified atom stereocenters. The first-order valence-corrected chi connectivity index (χ1v) is 3.64. The van der Waals surface area contributed by atoms with Gasteiger partial charge in [0.05, 0.1) is 13.2 Å². The van der Waals surface area contributed by atoms with Gasteiger partial charge in [0.15, 0.2) is 0 Å². The van der Waals surface area contributed by atoms with Gasteiger partial charge in [-0.15, -0.1) is 0 Å². The minimum absolute atomic E-state index is 0.180. The summed E-state index contributed by atoms with van der Waals surface area (Å²) in [7, 11) is 0. The van der Waals surface area contributed by atoms with Gasteiger partial charge in [-0.25, -0.2) is 0 Å². The van der Waals surface area contributed by atoms with Crippen LogP contribution in [0.15, 0.2) is 12.2 Å². The Kier molecular flexibility index (Phi) is 5.26. The zero-order chi connectivity index (χ0) is 7.98. The van der Waals surface area contributed by atoms with Crippen LogP contribution in [0.25, 0.3) is 0 Å². The Hall–Kier alpha value is -0.340. The fraction of sp³-hybridized carbons (Fsp3) is 0.750. The number of hydrogen-bond donors (Lipinski definition) is 1. The zero-order valence-electron chi connectivity index (χ0n) is 6.89. The molecule has 0 radical (unpaired) electrons. The molecule has 0 aliphatic heterocycles. The Morgan fingerprint density at radius 1 is 1.70 bits per heavy atom. The van der Waals surface area contributed by atoms with E-state index in [1.807, 2.05) is 6.92 Å². The number of nitrogens with two attached hydrogens (primary N) is 1. The summed E-state index contributed by atoms with van der Waals surface area (Å²) in [5.41, 5.74) is 6.65. The summed E-state index contributed by atoms with van der Waals surface area (Å²) in [5, 5.41) is 0. The molecule has 1 atom stereocenters. The van der Waals surface area contributed by atoms with E-state index in [4.69, 9.17) is 10.5 Å². The Morgan fingerprint density at radius 2 is 2.30 bits per heavy atom. The van der Waals surface area contributed by atoms with Crippen LogP contribution < -0.4 is 5.73 Å². The molecule has 0 spiro atoms. The molecule has 0 aliphatic rings. The normalized spacial score (nSPS) is 13.1. The molecule has 0 fully saturated rings. The Bertz CT molecular complexity index is 101. The smallest absolute Gasteiger partial charge is 0.0672 e. The van der Waals surface area contributed by atoms with E-state index < -0.39 is 0 Å². The third-order valence-corrected chi connectivity index (χ3v) is 1.20. The highest BCUT2D eigenvalue weighted by molar-refractivity contribution is 4.87. The largest absolute Gasteiger partial charge is 0.376 e. The van der Waals surface area contributed by atoms with E-state index in [0.717, 1.165) is 12.0 Å². The molecular formula is C8H17NO. The molecule has 2 N–H and O–H groups in total. The van der Waals surface area contributed by atoms with Crippen molar-refractivity contribution in [2.45, 2.75) is 26.3 Å². The summed E-state index contributed by atoms with van der Waals surface area (Å²) in [6.07, 6.45) is 0.968. The molecule has 10 heavy (non-hydrogen) atoms. The van der Waals surface area contributed by atoms with Crippen LogP contribution in [-0.2, 0) is 4.74 Å². The molecule has 0 saturated carbocycles. The molecule has 0 rings (SSSR count). The second-order valence-corrected chi connectivity index (χ2v) is 2.64. The molecule has 2 nitrogen and oxygen atoms in total. The van der Waals surface area contributed by atoms with Crippen LogP contribution in [0.3, 0.4) is 0 Å². The molecular weight excluding hydrogens is 126 g/mol. The Labute approximate surface area is 63.1 Å². The van der Waals surface area contributed by atoms with Gasteiger partial charge in [0.1, 0.15) is 0 Å². The van der Waals surface area contributed by atoms with Crippen LogP contribution in [0.1, 0.15) is 20.3 Å². The third kappa shape index (κ3) is 5.79. The van der Waals surface area contributed by atoms with Gasteiger partial charge in [0, 0.05) is 6.04 Å². The van der Waals surface area contributed by atoms with E-state index >= 15 is 0 Å². The summed E-state index contributed by atoms with van der Waals surface area (Å²) in [4.78, 5) is 0. The van der Waals surface area contributed by atoms with Crippen molar-refractivity contribution in [1.82, 2.24) is 0 Å². The van der Waals surface area contributed by atoms with E-state index in [1.54, 1.807) is 0 Å². The van der Waals surface area contributed by atoms with E-state index in [0.29, 0.717) is 13.2 Å². The highest BCUT2D eigenvalue weighted by atomic mass is 16.5. The molecule has 0 aromatic heterocycles. The van der Waals surface area contributed by atoms with Crippen molar-refractivity contribution in [3.63, 3.8) is 0 Å². The molecule has 60 valence electrons. The first-order valence-electron chi connectivity index (χ1n) is 3.64. The van der Waals surface area contributed by atoms with Gasteiger partial charge in [-0.2, -0.15) is 0 Å². The third-order valence-electron chi connectivity index (χ3n) is 1.20. The van der Waals surface area contributed by atoms with Gasteiger partial charge in [-0.05, 0) is 13.3 Å². The lowest BCUT2D eigenvalue weighted by Gasteiger charge is -2.08. The molecule has 0 bridgehead atoms. The van der Waals surface area contributed by atoms with Gasteiger partial charge < -0.3 is 10.5 Å². The standard InChI is InChI=1S/C8H17NO/c1-4-8(9)6-10-5-7(2)3/h8H,2,4-6,9H2,1,3H3. The van der Waals surface area contributed by atoms with Crippen molar-refractivity contribution >= 4 is 0 Å². The van der Waals surface area contributed by atoms with Crippen LogP contribution >= 0.6 is 0 Å². The maximum Gasteiger partial charge on any atom is 0.0672 e. The van der Waals surface area contributed by atoms with Crippen LogP contribution in [-0.4, -0.2) is 19.3 Å². The maximum absolute atomic E-state index is 5.60. The Morgan fingerprint density at radius 3 is 2.70 bits per heavy atom. The summed E-state index contributed by atoms with van der Waals surface area (Å²) < 4.78 is 5.22. The summed E-state index contributed by atoms with van der Waals surface area (Å²) >= 11 is 0. The lowest BCUT2D eigenvalue weighted by atomic mass is 10.3. The van der Waals surface area contributed by atoms with E-state index in [-0.39, 0.29) is 6.04 Å². The number of ether oxygens (including phenoxy) is 1. The summed E-state index contributed by atoms with van der Waals surface area (Å²) in [6, 6.07) is 0.180. The quantitative estimate of drug-likeness (QED) is 0.589. The van der Waals surface area contributed by atoms with Crippen molar-refractivity contribution in [1.29, 1.82) is 0 Å². The molecule has 0 aliphatic carbocycles. The van der Waals surface area contributed by atoms with Crippen LogP contribution in [0.4, 0.5) is 0 Å². The highest BCUT2D eigenvalue weighted by Crippen LogP contribution is 1.91. The molecule has 0 saturated heterocycles. The van der Waals surface area contributed by atoms with Crippen LogP contribution in [0.2, 0.25) is 0 Å². The van der Waals surface area contributed by atoms with Gasteiger partial charge in [0.25, 0.3) is 0 Å². The van der Waals surface area contributed by atoms with E-state index in [9.17, 15) is 0 Å². The maximum atomic E-state index is 5.60. The van der Waals surface area contributed by atoms with Crippen molar-refractivity contribution in [3.05, 3.63) is 12.2 Å². The van der Waals surface area contributed by atoms with Gasteiger partial charge in [0.2, 0.25) is 0 Å². The summed E-state index contributed by atoms with van der Waals surface area (Å²) in [5.74, 6) is 0. The molecule has 0 amide bonds. The first kappa shape index (κ1) is 9.66. The van der Waals surface area contributed by atoms with Crippen LogP contribution in [0, 0.1) is 0 Å². The van der Waals surface area contributed by atoms with Crippen LogP contribution in [0.5, 0.6) is 0 Å². The first-order chi connectivity index (χ1) is 4.66. The van der Waals surface area contributed by atoms with E-state index in [1.165, 1.54) is 0 Å². The minimum Gasteiger partial charge on any atom is -0.376 e. The molecule has 2 heteroatoms. The number of hydrogen-bond acceptors (Lipinski definition) is 2. The molecule has 0 aromatic carbocycles. The SMILES string of the molecule is C=C(C)COCC(N)CC. The summed E-state index contributed by atoms with van der Waals surface area (Å²) in [6.45, 7) is 8.98. The second-order valence-electron chi connectivity index (χ2n) is 2.64. The average Bonchev–Trinajstić information content (AvgIpc) is 1.87. The number of rotatable bonds is 5. The van der Waals surface area contributed by atoms with E-state index in [2.05, 4.69) is 13.5 Å². The van der Waals surface area contributed by atoms with Crippen molar-refractivity contribution < 1.29 is 4.74 Å². The average molecular weight is 143 g/mol. The van der Waals surface area contributed by atoms with Crippen molar-refractivity contribution in [2.24, 2.45) is 5.73 Å². The monoisotopic (exact) mass is 143 g/mol. The van der Waals surface area contributed by atoms with Crippen molar-refractivity contribution in [2.75, 3.05) is 13.2 Å². The predicted octanol–water partition coefficient (Wildman–Crippen LogP) is 1.32. The zero-order valence-corrected chi connectivity index (χ0v) is 6.89. The Balaban J connectivity index is 3.11. The molecule has 0 heterocycles. The highest BCUT2D eigenvalue weighted by Gasteiger charge is 1.97. The lowest BCUT2D eigenvalue weighted by Crippen LogP contribution is -2.25. The molecule has 0 aromatic rings. The van der Waals surface area contributed by atoms with Crippen molar-refractivity contribution in [3.8, 4) is 0 Å². The van der Waals surface area contributed by atoms with Gasteiger partial charge in [-0.3, -0.25) is 0 Å². The lowest BCUT2D eigenvalue weighted by molar-refractivity contribution is 0.140. The topological polar surface area (TPSA) is 35.2 Å². The fourth-order valence-electron chi connectivity index (χ4n) is 0.502. The predicted molar refractivity (Wildman–Crippen MR) is 43.9 cm³/mol. The fourth-order valence-corrected chi connectivity index (χ4v) is 0.502. The van der Waals surface area contributed by atoms with Gasteiger partial charge in [-0.1, -0.05) is 19.1 Å². The second kappa shape index (κ2) is 5.45. The minimum atomic E-state index is 0.180. The van der Waals surface area contributed by atoms with Gasteiger partial charge >= 0.3 is 0 Å².